The highest BCUT2D eigenvalue weighted by atomic mass is 16.3. The molecule has 252 valence electrons. The van der Waals surface area contributed by atoms with Crippen molar-refractivity contribution in [3.8, 4) is 51.0 Å². The van der Waals surface area contributed by atoms with Crippen LogP contribution in [0.1, 0.15) is 0 Å². The third-order valence-corrected chi connectivity index (χ3v) is 10.5. The molecule has 0 N–H and O–H groups in total. The molecule has 0 radical (unpaired) electrons. The standard InChI is InChI=1S/C49H30N4O/c1-2-12-33(13-3-1)47-50-48(34-24-21-32(22-25-34)36-26-23-31-11-4-5-14-35(31)29-36)52-49(51-47)40-17-10-19-43-46(40)39-16-6-8-18-42(39)53(43)37-27-28-45-41(30-37)38-15-7-9-20-44(38)54-45/h1-30H. The average Bonchev–Trinajstić information content (AvgIpc) is 3.79. The molecule has 54 heavy (non-hydrogen) atoms. The number of furan rings is 1. The number of fused-ring (bicyclic) bond motifs is 7. The Kier molecular flexibility index (Phi) is 6.79. The number of para-hydroxylation sites is 2. The molecule has 11 aromatic rings. The van der Waals surface area contributed by atoms with Crippen LogP contribution in [-0.2, 0) is 0 Å². The van der Waals surface area contributed by atoms with Crippen LogP contribution < -0.4 is 0 Å². The summed E-state index contributed by atoms with van der Waals surface area (Å²) >= 11 is 0. The van der Waals surface area contributed by atoms with Gasteiger partial charge < -0.3 is 8.98 Å². The van der Waals surface area contributed by atoms with Gasteiger partial charge in [0.25, 0.3) is 0 Å². The molecule has 11 rings (SSSR count). The molecule has 0 atom stereocenters. The molecule has 0 aliphatic carbocycles. The van der Waals surface area contributed by atoms with Crippen LogP contribution in [0.3, 0.4) is 0 Å². The van der Waals surface area contributed by atoms with E-state index in [0.29, 0.717) is 17.5 Å². The highest BCUT2D eigenvalue weighted by molar-refractivity contribution is 6.15. The van der Waals surface area contributed by atoms with Crippen LogP contribution in [0.2, 0.25) is 0 Å². The van der Waals surface area contributed by atoms with Crippen LogP contribution >= 0.6 is 0 Å². The fourth-order valence-electron chi connectivity index (χ4n) is 7.86. The van der Waals surface area contributed by atoms with E-state index in [2.05, 4.69) is 144 Å². The molecular weight excluding hydrogens is 661 g/mol. The van der Waals surface area contributed by atoms with Gasteiger partial charge in [0.05, 0.1) is 11.0 Å². The Bertz CT molecular complexity index is 3210. The van der Waals surface area contributed by atoms with E-state index in [0.717, 1.165) is 71.7 Å². The highest BCUT2D eigenvalue weighted by Crippen LogP contribution is 2.40. The fraction of sp³-hybridized carbons (Fsp3) is 0. The first-order valence-electron chi connectivity index (χ1n) is 18.1. The molecule has 0 saturated carbocycles. The van der Waals surface area contributed by atoms with Crippen molar-refractivity contribution in [2.24, 2.45) is 0 Å². The molecule has 3 aromatic heterocycles. The minimum atomic E-state index is 0.627. The van der Waals surface area contributed by atoms with Crippen LogP contribution in [0.4, 0.5) is 0 Å². The van der Waals surface area contributed by atoms with E-state index < -0.39 is 0 Å². The number of aromatic nitrogens is 4. The van der Waals surface area contributed by atoms with Gasteiger partial charge in [0.15, 0.2) is 17.5 Å². The van der Waals surface area contributed by atoms with E-state index in [1.165, 1.54) is 16.3 Å². The second kappa shape index (κ2) is 12.1. The first kappa shape index (κ1) is 30.3. The zero-order valence-electron chi connectivity index (χ0n) is 29.0. The summed E-state index contributed by atoms with van der Waals surface area (Å²) in [6.07, 6.45) is 0. The molecule has 0 fully saturated rings. The van der Waals surface area contributed by atoms with Crippen molar-refractivity contribution in [3.05, 3.63) is 182 Å². The maximum Gasteiger partial charge on any atom is 0.164 e. The van der Waals surface area contributed by atoms with E-state index >= 15 is 0 Å². The van der Waals surface area contributed by atoms with E-state index in [4.69, 9.17) is 19.4 Å². The second-order valence-electron chi connectivity index (χ2n) is 13.6. The van der Waals surface area contributed by atoms with E-state index in [-0.39, 0.29) is 0 Å². The molecule has 0 saturated heterocycles. The van der Waals surface area contributed by atoms with Gasteiger partial charge in [-0.25, -0.2) is 15.0 Å². The Balaban J connectivity index is 1.09. The van der Waals surface area contributed by atoms with Gasteiger partial charge in [0.1, 0.15) is 11.2 Å². The molecule has 5 heteroatoms. The van der Waals surface area contributed by atoms with Crippen LogP contribution in [0, 0.1) is 0 Å². The molecule has 0 aliphatic heterocycles. The van der Waals surface area contributed by atoms with Crippen LogP contribution in [0.25, 0.3) is 105 Å². The summed E-state index contributed by atoms with van der Waals surface area (Å²) in [5.74, 6) is 1.89. The van der Waals surface area contributed by atoms with Crippen LogP contribution in [-0.4, -0.2) is 19.5 Å². The van der Waals surface area contributed by atoms with Crippen molar-refractivity contribution in [3.63, 3.8) is 0 Å². The number of hydrogen-bond acceptors (Lipinski definition) is 4. The van der Waals surface area contributed by atoms with E-state index in [9.17, 15) is 0 Å². The van der Waals surface area contributed by atoms with Gasteiger partial charge in [-0.3, -0.25) is 0 Å². The predicted octanol–water partition coefficient (Wildman–Crippen LogP) is 12.7. The Morgan fingerprint density at radius 1 is 0.370 bits per heavy atom. The number of hydrogen-bond donors (Lipinski definition) is 0. The quantitative estimate of drug-likeness (QED) is 0.180. The Labute approximate surface area is 310 Å². The zero-order chi connectivity index (χ0) is 35.6. The lowest BCUT2D eigenvalue weighted by Crippen LogP contribution is -2.00. The molecule has 0 aliphatic rings. The normalized spacial score (nSPS) is 11.7. The summed E-state index contributed by atoms with van der Waals surface area (Å²) in [5, 5.41) is 6.87. The lowest BCUT2D eigenvalue weighted by Gasteiger charge is -2.11. The van der Waals surface area contributed by atoms with Gasteiger partial charge in [-0.15, -0.1) is 0 Å². The summed E-state index contributed by atoms with van der Waals surface area (Å²) in [7, 11) is 0. The highest BCUT2D eigenvalue weighted by Gasteiger charge is 2.20. The Morgan fingerprint density at radius 2 is 1.00 bits per heavy atom. The largest absolute Gasteiger partial charge is 0.456 e. The Morgan fingerprint density at radius 3 is 1.85 bits per heavy atom. The summed E-state index contributed by atoms with van der Waals surface area (Å²) in [4.78, 5) is 15.4. The first-order chi connectivity index (χ1) is 26.7. The van der Waals surface area contributed by atoms with Gasteiger partial charge in [-0.05, 0) is 64.4 Å². The van der Waals surface area contributed by atoms with Crippen molar-refractivity contribution in [1.82, 2.24) is 19.5 Å². The summed E-state index contributed by atoms with van der Waals surface area (Å²) < 4.78 is 8.52. The number of benzene rings is 8. The van der Waals surface area contributed by atoms with Gasteiger partial charge in [0, 0.05) is 43.9 Å². The molecule has 0 amide bonds. The van der Waals surface area contributed by atoms with Gasteiger partial charge in [-0.1, -0.05) is 140 Å². The minimum absolute atomic E-state index is 0.627. The number of rotatable bonds is 5. The lowest BCUT2D eigenvalue weighted by molar-refractivity contribution is 0.669. The molecule has 0 spiro atoms. The molecule has 8 aromatic carbocycles. The third-order valence-electron chi connectivity index (χ3n) is 10.5. The smallest absolute Gasteiger partial charge is 0.164 e. The maximum atomic E-state index is 6.18. The molecule has 3 heterocycles. The molecule has 0 bridgehead atoms. The lowest BCUT2D eigenvalue weighted by atomic mass is 10.00. The summed E-state index contributed by atoms with van der Waals surface area (Å²) in [6.45, 7) is 0. The number of nitrogens with zero attached hydrogens (tertiary/aromatic N) is 4. The van der Waals surface area contributed by atoms with Crippen molar-refractivity contribution in [2.45, 2.75) is 0 Å². The zero-order valence-corrected chi connectivity index (χ0v) is 29.0. The van der Waals surface area contributed by atoms with Crippen molar-refractivity contribution >= 4 is 54.5 Å². The Hall–Kier alpha value is -7.37. The van der Waals surface area contributed by atoms with Gasteiger partial charge in [0.2, 0.25) is 0 Å². The predicted molar refractivity (Wildman–Crippen MR) is 221 cm³/mol. The fourth-order valence-corrected chi connectivity index (χ4v) is 7.86. The third kappa shape index (κ3) is 4.90. The SMILES string of the molecule is c1ccc(-c2nc(-c3ccc(-c4ccc5ccccc5c4)cc3)nc(-c3cccc4c3c3ccccc3n4-c3ccc4oc5ccccc5c4c3)n2)cc1. The summed E-state index contributed by atoms with van der Waals surface area (Å²) in [6, 6.07) is 63.4. The van der Waals surface area contributed by atoms with Crippen LogP contribution in [0.15, 0.2) is 186 Å². The van der Waals surface area contributed by atoms with Crippen LogP contribution in [0.5, 0.6) is 0 Å². The van der Waals surface area contributed by atoms with Gasteiger partial charge >= 0.3 is 0 Å². The van der Waals surface area contributed by atoms with Gasteiger partial charge in [-0.2, -0.15) is 0 Å². The van der Waals surface area contributed by atoms with E-state index in [1.54, 1.807) is 0 Å². The molecule has 0 unspecified atom stereocenters. The topological polar surface area (TPSA) is 56.7 Å². The van der Waals surface area contributed by atoms with Crippen molar-refractivity contribution in [1.29, 1.82) is 0 Å². The first-order valence-corrected chi connectivity index (χ1v) is 18.1. The monoisotopic (exact) mass is 690 g/mol. The molecule has 5 nitrogen and oxygen atoms in total. The van der Waals surface area contributed by atoms with Crippen molar-refractivity contribution in [2.75, 3.05) is 0 Å². The minimum Gasteiger partial charge on any atom is -0.456 e. The summed E-state index contributed by atoms with van der Waals surface area (Å²) in [5.41, 5.74) is 10.1. The second-order valence-corrected chi connectivity index (χ2v) is 13.6. The van der Waals surface area contributed by atoms with E-state index in [1.807, 2.05) is 42.5 Å². The van der Waals surface area contributed by atoms with Crippen molar-refractivity contribution < 1.29 is 4.42 Å². The molecular formula is C49H30N4O. The maximum absolute atomic E-state index is 6.18. The average molecular weight is 691 g/mol.